The van der Waals surface area contributed by atoms with Gasteiger partial charge in [0.05, 0.1) is 20.6 Å². The van der Waals surface area contributed by atoms with Crippen molar-refractivity contribution >= 4 is 5.97 Å². The quantitative estimate of drug-likeness (QED) is 0.524. The summed E-state index contributed by atoms with van der Waals surface area (Å²) < 4.78 is 6.64. The molecule has 1 aliphatic heterocycles. The molecule has 6 heteroatoms. The lowest BCUT2D eigenvalue weighted by Gasteiger charge is -2.33. The minimum absolute atomic E-state index is 0. The zero-order chi connectivity index (χ0) is 16.5. The second-order valence-corrected chi connectivity index (χ2v) is 7.77. The van der Waals surface area contributed by atoms with Crippen LogP contribution in [0.1, 0.15) is 37.7 Å². The molecule has 1 aromatic carbocycles. The summed E-state index contributed by atoms with van der Waals surface area (Å²) in [6.07, 6.45) is 4.68. The Hall–Kier alpha value is -1.14. The number of likely N-dealkylation sites (tertiary alicyclic amines) is 1. The van der Waals surface area contributed by atoms with Crippen molar-refractivity contribution in [2.24, 2.45) is 5.92 Å². The first-order valence-electron chi connectivity index (χ1n) is 8.73. The van der Waals surface area contributed by atoms with Crippen molar-refractivity contribution in [2.45, 2.75) is 43.8 Å². The number of nitrogens with zero attached hydrogens (tertiary/aromatic N) is 1. The van der Waals surface area contributed by atoms with E-state index < -0.39 is 11.6 Å². The Bertz CT molecular complexity index is 560. The molecule has 2 atom stereocenters. The second kappa shape index (κ2) is 8.49. The van der Waals surface area contributed by atoms with E-state index in [1.165, 1.54) is 0 Å². The number of likely N-dealkylation sites (N-methyl/N-ethyl adjacent to an activating group) is 1. The molecule has 25 heavy (non-hydrogen) atoms. The number of rotatable bonds is 4. The first kappa shape index (κ1) is 21.9. The first-order chi connectivity index (χ1) is 10.9. The van der Waals surface area contributed by atoms with Crippen molar-refractivity contribution in [3.05, 3.63) is 35.9 Å². The van der Waals surface area contributed by atoms with Crippen LogP contribution in [0.15, 0.2) is 30.3 Å². The summed E-state index contributed by atoms with van der Waals surface area (Å²) in [7, 11) is 4.29. The van der Waals surface area contributed by atoms with Gasteiger partial charge in [0.1, 0.15) is 6.54 Å². The fourth-order valence-corrected chi connectivity index (χ4v) is 4.12. The third-order valence-corrected chi connectivity index (χ3v) is 5.50. The number of halogens is 1. The van der Waals surface area contributed by atoms with Gasteiger partial charge in [-0.05, 0) is 18.4 Å². The number of quaternary nitrogens is 1. The SMILES string of the molecule is C[N+]1(C)CCC(OC(=O)C(O)(c2ccccc2)C2CCCC2)C1.O.[Cl-]. The fourth-order valence-electron chi connectivity index (χ4n) is 4.12. The van der Waals surface area contributed by atoms with Crippen molar-refractivity contribution in [1.82, 2.24) is 0 Å². The number of carbonyl (C=O) groups excluding carboxylic acids is 1. The summed E-state index contributed by atoms with van der Waals surface area (Å²) in [5.41, 5.74) is -0.832. The highest BCUT2D eigenvalue weighted by molar-refractivity contribution is 5.81. The average molecular weight is 372 g/mol. The van der Waals surface area contributed by atoms with Crippen molar-refractivity contribution in [3.8, 4) is 0 Å². The van der Waals surface area contributed by atoms with Gasteiger partial charge in [-0.1, -0.05) is 43.2 Å². The number of aliphatic hydroxyl groups is 1. The summed E-state index contributed by atoms with van der Waals surface area (Å²) in [6.45, 7) is 1.83. The van der Waals surface area contributed by atoms with E-state index in [0.717, 1.165) is 49.7 Å². The number of esters is 1. The molecule has 1 aromatic rings. The number of carbonyl (C=O) groups is 1. The number of hydrogen-bond donors (Lipinski definition) is 1. The number of ether oxygens (including phenoxy) is 1. The van der Waals surface area contributed by atoms with Gasteiger partial charge in [0.15, 0.2) is 11.7 Å². The van der Waals surface area contributed by atoms with Crippen molar-refractivity contribution in [3.63, 3.8) is 0 Å². The van der Waals surface area contributed by atoms with Crippen LogP contribution >= 0.6 is 0 Å². The zero-order valence-corrected chi connectivity index (χ0v) is 15.8. The Kier molecular flexibility index (Phi) is 7.44. The van der Waals surface area contributed by atoms with Crippen LogP contribution in [-0.4, -0.2) is 54.3 Å². The second-order valence-electron chi connectivity index (χ2n) is 7.77. The highest BCUT2D eigenvalue weighted by Crippen LogP contribution is 2.42. The third kappa shape index (κ3) is 4.53. The zero-order valence-electron chi connectivity index (χ0n) is 15.1. The molecule has 3 N–H and O–H groups in total. The summed E-state index contributed by atoms with van der Waals surface area (Å²) in [4.78, 5) is 12.9. The van der Waals surface area contributed by atoms with E-state index in [1.807, 2.05) is 30.3 Å². The molecule has 5 nitrogen and oxygen atoms in total. The Labute approximate surface area is 156 Å². The Balaban J connectivity index is 0.00000156. The topological polar surface area (TPSA) is 78.0 Å². The molecular weight excluding hydrogens is 342 g/mol. The van der Waals surface area contributed by atoms with Crippen LogP contribution in [0.4, 0.5) is 0 Å². The van der Waals surface area contributed by atoms with Gasteiger partial charge in [0, 0.05) is 12.3 Å². The summed E-state index contributed by atoms with van der Waals surface area (Å²) in [5, 5.41) is 11.4. The first-order valence-corrected chi connectivity index (χ1v) is 8.73. The van der Waals surface area contributed by atoms with Gasteiger partial charge in [0.25, 0.3) is 0 Å². The van der Waals surface area contributed by atoms with Gasteiger partial charge in [-0.15, -0.1) is 0 Å². The molecular formula is C19H30ClNO4. The molecule has 2 fully saturated rings. The van der Waals surface area contributed by atoms with E-state index in [1.54, 1.807) is 0 Å². The van der Waals surface area contributed by atoms with E-state index in [2.05, 4.69) is 14.1 Å². The van der Waals surface area contributed by atoms with Crippen LogP contribution in [0, 0.1) is 5.92 Å². The Morgan fingerprint density at radius 3 is 2.28 bits per heavy atom. The van der Waals surface area contributed by atoms with Gasteiger partial charge in [-0.25, -0.2) is 4.79 Å². The number of benzene rings is 1. The monoisotopic (exact) mass is 371 g/mol. The molecule has 2 unspecified atom stereocenters. The molecule has 0 amide bonds. The van der Waals surface area contributed by atoms with E-state index in [0.29, 0.717) is 5.56 Å². The largest absolute Gasteiger partial charge is 1.00 e. The van der Waals surface area contributed by atoms with Crippen LogP contribution in [0.5, 0.6) is 0 Å². The maximum Gasteiger partial charge on any atom is 0.343 e. The predicted molar refractivity (Wildman–Crippen MR) is 92.3 cm³/mol. The standard InChI is InChI=1S/C19H28NO3.ClH.H2O/c1-20(2)13-12-17(14-20)23-18(21)19(22,16-10-6-7-11-16)15-8-4-3-5-9-15;;/h3-5,8-9,16-17,22H,6-7,10-14H2,1-2H3;1H;1H2/q+1;;/p-1. The summed E-state index contributed by atoms with van der Waals surface area (Å²) in [6, 6.07) is 9.33. The van der Waals surface area contributed by atoms with Gasteiger partial charge in [-0.3, -0.25) is 0 Å². The van der Waals surface area contributed by atoms with Crippen molar-refractivity contribution in [2.75, 3.05) is 27.2 Å². The minimum atomic E-state index is -1.50. The van der Waals surface area contributed by atoms with Crippen LogP contribution in [0.2, 0.25) is 0 Å². The maximum absolute atomic E-state index is 12.9. The van der Waals surface area contributed by atoms with E-state index in [-0.39, 0.29) is 29.9 Å². The molecule has 1 saturated carbocycles. The Morgan fingerprint density at radius 1 is 1.16 bits per heavy atom. The van der Waals surface area contributed by atoms with Crippen LogP contribution in [0.3, 0.4) is 0 Å². The highest BCUT2D eigenvalue weighted by Gasteiger charge is 2.49. The lowest BCUT2D eigenvalue weighted by molar-refractivity contribution is -0.879. The molecule has 1 saturated heterocycles. The predicted octanol–water partition coefficient (Wildman–Crippen LogP) is -1.36. The average Bonchev–Trinajstić information content (AvgIpc) is 3.17. The smallest absolute Gasteiger partial charge is 0.343 e. The van der Waals surface area contributed by atoms with E-state index >= 15 is 0 Å². The summed E-state index contributed by atoms with van der Waals surface area (Å²) in [5.74, 6) is -0.496. The third-order valence-electron chi connectivity index (χ3n) is 5.50. The molecule has 0 radical (unpaired) electrons. The maximum atomic E-state index is 12.9. The lowest BCUT2D eigenvalue weighted by atomic mass is 9.80. The highest BCUT2D eigenvalue weighted by atomic mass is 35.5. The van der Waals surface area contributed by atoms with Crippen LogP contribution in [-0.2, 0) is 15.1 Å². The molecule has 0 aromatic heterocycles. The van der Waals surface area contributed by atoms with Gasteiger partial charge >= 0.3 is 5.97 Å². The minimum Gasteiger partial charge on any atom is -1.00 e. The molecule has 1 aliphatic carbocycles. The summed E-state index contributed by atoms with van der Waals surface area (Å²) >= 11 is 0. The number of hydrogen-bond acceptors (Lipinski definition) is 3. The van der Waals surface area contributed by atoms with Crippen LogP contribution in [0.25, 0.3) is 0 Å². The normalized spacial score (nSPS) is 24.7. The van der Waals surface area contributed by atoms with Crippen molar-refractivity contribution in [1.29, 1.82) is 0 Å². The van der Waals surface area contributed by atoms with Crippen LogP contribution < -0.4 is 12.4 Å². The van der Waals surface area contributed by atoms with E-state index in [4.69, 9.17) is 4.74 Å². The molecule has 0 spiro atoms. The fraction of sp³-hybridized carbons (Fsp3) is 0.632. The van der Waals surface area contributed by atoms with Gasteiger partial charge in [-0.2, -0.15) is 0 Å². The molecule has 3 rings (SSSR count). The lowest BCUT2D eigenvalue weighted by Crippen LogP contribution is -3.00. The molecule has 142 valence electrons. The molecule has 0 bridgehead atoms. The Morgan fingerprint density at radius 2 is 1.76 bits per heavy atom. The van der Waals surface area contributed by atoms with Gasteiger partial charge < -0.3 is 32.2 Å². The molecule has 1 heterocycles. The van der Waals surface area contributed by atoms with Gasteiger partial charge in [0.2, 0.25) is 0 Å². The van der Waals surface area contributed by atoms with E-state index in [9.17, 15) is 9.90 Å². The molecule has 2 aliphatic rings. The van der Waals surface area contributed by atoms with Crippen molar-refractivity contribution < 1.29 is 37.0 Å².